The second kappa shape index (κ2) is 9.80. The van der Waals surface area contributed by atoms with E-state index in [9.17, 15) is 14.4 Å². The molecule has 1 amide bonds. The molecule has 0 bridgehead atoms. The van der Waals surface area contributed by atoms with Crippen LogP contribution in [-0.4, -0.2) is 36.8 Å². The van der Waals surface area contributed by atoms with Crippen molar-refractivity contribution in [2.24, 2.45) is 13.0 Å². The van der Waals surface area contributed by atoms with E-state index in [4.69, 9.17) is 5.73 Å². The minimum Gasteiger partial charge on any atom is -0.383 e. The second-order valence-electron chi connectivity index (χ2n) is 9.42. The number of nitrogens with zero attached hydrogens (tertiary/aromatic N) is 5. The highest BCUT2D eigenvalue weighted by molar-refractivity contribution is 6.14. The normalized spacial score (nSPS) is 11.4. The summed E-state index contributed by atoms with van der Waals surface area (Å²) in [6.45, 7) is 8.09. The molecule has 10 nitrogen and oxygen atoms in total. The molecule has 0 saturated heterocycles. The minimum absolute atomic E-state index is 0.0414. The number of benzene rings is 1. The lowest BCUT2D eigenvalue weighted by Crippen LogP contribution is -2.42. The number of hydrogen-bond donors (Lipinski definition) is 2. The summed E-state index contributed by atoms with van der Waals surface area (Å²) in [5, 5.41) is 5.05. The molecular formula is C26H31N7O3. The fourth-order valence-electron chi connectivity index (χ4n) is 4.35. The average molecular weight is 490 g/mol. The summed E-state index contributed by atoms with van der Waals surface area (Å²) in [6, 6.07) is 11.0. The number of hydrogen-bond acceptors (Lipinski definition) is 6. The van der Waals surface area contributed by atoms with Crippen LogP contribution in [-0.2, 0) is 13.6 Å². The summed E-state index contributed by atoms with van der Waals surface area (Å²) in [6.07, 6.45) is 0.627. The lowest BCUT2D eigenvalue weighted by atomic mass is 10.1. The predicted octanol–water partition coefficient (Wildman–Crippen LogP) is 2.76. The van der Waals surface area contributed by atoms with Crippen molar-refractivity contribution in [3.8, 4) is 0 Å². The van der Waals surface area contributed by atoms with Gasteiger partial charge >= 0.3 is 5.69 Å². The number of nitrogens with two attached hydrogens (primary N) is 1. The first-order valence-corrected chi connectivity index (χ1v) is 11.9. The molecule has 3 N–H and O–H groups in total. The number of anilines is 2. The molecule has 4 aromatic rings. The monoisotopic (exact) mass is 489 g/mol. The smallest absolute Gasteiger partial charge is 0.330 e. The maximum absolute atomic E-state index is 14.1. The Morgan fingerprint density at radius 1 is 1.17 bits per heavy atom. The molecule has 36 heavy (non-hydrogen) atoms. The maximum Gasteiger partial charge on any atom is 0.330 e. The molecule has 188 valence electrons. The van der Waals surface area contributed by atoms with Crippen molar-refractivity contribution in [3.05, 3.63) is 79.8 Å². The molecule has 0 spiro atoms. The summed E-state index contributed by atoms with van der Waals surface area (Å²) >= 11 is 0. The molecule has 0 aliphatic heterocycles. The minimum atomic E-state index is -0.705. The van der Waals surface area contributed by atoms with Gasteiger partial charge in [0.1, 0.15) is 5.82 Å². The molecule has 3 aromatic heterocycles. The van der Waals surface area contributed by atoms with Gasteiger partial charge in [-0.15, -0.1) is 0 Å². The molecule has 0 aliphatic rings. The van der Waals surface area contributed by atoms with Gasteiger partial charge in [-0.25, -0.2) is 9.78 Å². The lowest BCUT2D eigenvalue weighted by Gasteiger charge is -2.26. The second-order valence-corrected chi connectivity index (χ2v) is 9.42. The zero-order chi connectivity index (χ0) is 26.1. The first-order valence-electron chi connectivity index (χ1n) is 11.9. The van der Waals surface area contributed by atoms with E-state index in [2.05, 4.69) is 15.1 Å². The van der Waals surface area contributed by atoms with Crippen molar-refractivity contribution >= 4 is 28.4 Å². The van der Waals surface area contributed by atoms with E-state index < -0.39 is 17.2 Å². The van der Waals surface area contributed by atoms with Crippen molar-refractivity contribution in [2.75, 3.05) is 17.2 Å². The van der Waals surface area contributed by atoms with Crippen LogP contribution in [0.2, 0.25) is 0 Å². The van der Waals surface area contributed by atoms with Crippen LogP contribution in [0.5, 0.6) is 0 Å². The molecule has 3 heterocycles. The first-order chi connectivity index (χ1) is 17.1. The standard InChI is InChI=1S/C26H31N7O3/c1-15(2)11-12-32(25(35)19-13-16(3)28-23-20(19)17(4)30-31(23)5)21-22(27)33(26(36)29-24(21)34)14-18-9-7-6-8-10-18/h6-10,13,15H,11-12,14,27H2,1-5H3,(H,29,34,36). The number of aryl methyl sites for hydroxylation is 3. The zero-order valence-corrected chi connectivity index (χ0v) is 21.2. The van der Waals surface area contributed by atoms with Crippen molar-refractivity contribution < 1.29 is 4.79 Å². The number of nitrogens with one attached hydrogen (secondary N) is 1. The number of pyridine rings is 1. The topological polar surface area (TPSA) is 132 Å². The van der Waals surface area contributed by atoms with E-state index in [-0.39, 0.29) is 30.5 Å². The Morgan fingerprint density at radius 2 is 1.86 bits per heavy atom. The van der Waals surface area contributed by atoms with E-state index in [1.165, 1.54) is 9.47 Å². The van der Waals surface area contributed by atoms with Gasteiger partial charge in [-0.1, -0.05) is 44.2 Å². The van der Waals surface area contributed by atoms with Crippen LogP contribution in [0.15, 0.2) is 46.0 Å². The Bertz CT molecular complexity index is 1550. The molecule has 0 saturated carbocycles. The van der Waals surface area contributed by atoms with E-state index >= 15 is 0 Å². The summed E-state index contributed by atoms with van der Waals surface area (Å²) in [5.41, 5.74) is 8.17. The van der Waals surface area contributed by atoms with Crippen LogP contribution >= 0.6 is 0 Å². The SMILES string of the molecule is Cc1cc(C(=O)N(CCC(C)C)c2c(N)n(Cc3ccccc3)c(=O)[nH]c2=O)c2c(C)nn(C)c2n1. The van der Waals surface area contributed by atoms with Gasteiger partial charge in [0.25, 0.3) is 11.5 Å². The van der Waals surface area contributed by atoms with E-state index in [1.807, 2.05) is 51.1 Å². The average Bonchev–Trinajstić information content (AvgIpc) is 3.11. The molecule has 0 fully saturated rings. The lowest BCUT2D eigenvalue weighted by molar-refractivity contribution is 0.0987. The molecule has 4 rings (SSSR count). The van der Waals surface area contributed by atoms with E-state index in [0.29, 0.717) is 34.4 Å². The highest BCUT2D eigenvalue weighted by Crippen LogP contribution is 2.27. The zero-order valence-electron chi connectivity index (χ0n) is 21.2. The van der Waals surface area contributed by atoms with Crippen molar-refractivity contribution in [1.82, 2.24) is 24.3 Å². The van der Waals surface area contributed by atoms with Crippen LogP contribution < -0.4 is 21.9 Å². The first kappa shape index (κ1) is 24.9. The molecule has 0 unspecified atom stereocenters. The highest BCUT2D eigenvalue weighted by Gasteiger charge is 2.28. The van der Waals surface area contributed by atoms with Crippen molar-refractivity contribution in [2.45, 2.75) is 40.7 Å². The van der Waals surface area contributed by atoms with Crippen LogP contribution in [0.1, 0.15) is 47.6 Å². The molecular weight excluding hydrogens is 458 g/mol. The van der Waals surface area contributed by atoms with Gasteiger partial charge in [0.15, 0.2) is 11.3 Å². The summed E-state index contributed by atoms with van der Waals surface area (Å²) < 4.78 is 2.92. The Morgan fingerprint density at radius 3 is 2.53 bits per heavy atom. The molecule has 0 radical (unpaired) electrons. The summed E-state index contributed by atoms with van der Waals surface area (Å²) in [4.78, 5) is 48.2. The Labute approximate surface area is 208 Å². The van der Waals surface area contributed by atoms with Gasteiger partial charge < -0.3 is 10.6 Å². The van der Waals surface area contributed by atoms with Crippen molar-refractivity contribution in [1.29, 1.82) is 0 Å². The van der Waals surface area contributed by atoms with Crippen LogP contribution in [0, 0.1) is 19.8 Å². The van der Waals surface area contributed by atoms with Crippen LogP contribution in [0.3, 0.4) is 0 Å². The molecule has 0 atom stereocenters. The third kappa shape index (κ3) is 4.66. The number of aromatic nitrogens is 5. The number of carbonyl (C=O) groups excluding carboxylic acids is 1. The van der Waals surface area contributed by atoms with Gasteiger partial charge in [-0.3, -0.25) is 23.8 Å². The number of amides is 1. The number of aromatic amines is 1. The van der Waals surface area contributed by atoms with Gasteiger partial charge in [-0.2, -0.15) is 5.10 Å². The Balaban J connectivity index is 1.90. The van der Waals surface area contributed by atoms with Crippen molar-refractivity contribution in [3.63, 3.8) is 0 Å². The quantitative estimate of drug-likeness (QED) is 0.410. The van der Waals surface area contributed by atoms with Gasteiger partial charge in [0.05, 0.1) is 23.2 Å². The fourth-order valence-corrected chi connectivity index (χ4v) is 4.35. The van der Waals surface area contributed by atoms with E-state index in [0.717, 1.165) is 5.56 Å². The number of nitrogen functional groups attached to an aromatic ring is 1. The number of fused-ring (bicyclic) bond motifs is 1. The molecule has 10 heteroatoms. The van der Waals surface area contributed by atoms with Crippen LogP contribution in [0.25, 0.3) is 11.0 Å². The number of H-pyrrole nitrogens is 1. The largest absolute Gasteiger partial charge is 0.383 e. The Hall–Kier alpha value is -4.21. The number of rotatable bonds is 7. The van der Waals surface area contributed by atoms with Gasteiger partial charge in [0, 0.05) is 19.3 Å². The predicted molar refractivity (Wildman–Crippen MR) is 140 cm³/mol. The highest BCUT2D eigenvalue weighted by atomic mass is 16.2. The third-order valence-electron chi connectivity index (χ3n) is 6.17. The van der Waals surface area contributed by atoms with Crippen LogP contribution in [0.4, 0.5) is 11.5 Å². The van der Waals surface area contributed by atoms with Gasteiger partial charge in [0.2, 0.25) is 0 Å². The molecule has 1 aromatic carbocycles. The number of carbonyl (C=O) groups is 1. The molecule has 0 aliphatic carbocycles. The van der Waals surface area contributed by atoms with Gasteiger partial charge in [-0.05, 0) is 37.8 Å². The summed E-state index contributed by atoms with van der Waals surface area (Å²) in [7, 11) is 1.77. The summed E-state index contributed by atoms with van der Waals surface area (Å²) in [5.74, 6) is -0.200. The van der Waals surface area contributed by atoms with E-state index in [1.54, 1.807) is 24.7 Å². The fraction of sp³-hybridized carbons (Fsp3) is 0.346. The Kier molecular flexibility index (Phi) is 6.78. The maximum atomic E-state index is 14.1. The third-order valence-corrected chi connectivity index (χ3v) is 6.17.